The number of amides is 1. The van der Waals surface area contributed by atoms with Gasteiger partial charge >= 0.3 is 0 Å². The van der Waals surface area contributed by atoms with Crippen LogP contribution in [0.15, 0.2) is 24.3 Å². The van der Waals surface area contributed by atoms with Crippen LogP contribution in [-0.2, 0) is 4.79 Å². The third-order valence-electron chi connectivity index (χ3n) is 3.21. The molecule has 4 heteroatoms. The van der Waals surface area contributed by atoms with Crippen molar-refractivity contribution in [1.82, 2.24) is 5.32 Å². The smallest absolute Gasteiger partial charge is 0.231 e. The minimum atomic E-state index is 0.0718. The van der Waals surface area contributed by atoms with E-state index in [0.29, 0.717) is 0 Å². The maximum absolute atomic E-state index is 12.2. The van der Waals surface area contributed by atoms with Gasteiger partial charge in [-0.2, -0.15) is 0 Å². The molecular formula is C13H18N2O2. The molecule has 2 N–H and O–H groups in total. The Morgan fingerprint density at radius 3 is 2.71 bits per heavy atom. The second-order valence-electron chi connectivity index (χ2n) is 4.46. The van der Waals surface area contributed by atoms with Gasteiger partial charge in [0.1, 0.15) is 5.75 Å². The first kappa shape index (κ1) is 11.9. The first-order chi connectivity index (χ1) is 8.18. The Morgan fingerprint density at radius 1 is 1.41 bits per heavy atom. The molecule has 0 radical (unpaired) electrons. The zero-order valence-electron chi connectivity index (χ0n) is 10.0. The lowest BCUT2D eigenvalue weighted by Gasteiger charge is -2.27. The number of phenolic OH excluding ortho intramolecular Hbond substituents is 1. The Morgan fingerprint density at radius 2 is 2.12 bits per heavy atom. The van der Waals surface area contributed by atoms with E-state index in [2.05, 4.69) is 5.32 Å². The summed E-state index contributed by atoms with van der Waals surface area (Å²) in [6, 6.07) is 6.70. The van der Waals surface area contributed by atoms with E-state index >= 15 is 0 Å². The van der Waals surface area contributed by atoms with E-state index in [4.69, 9.17) is 0 Å². The maximum atomic E-state index is 12.2. The number of anilines is 1. The highest BCUT2D eigenvalue weighted by Crippen LogP contribution is 2.21. The van der Waals surface area contributed by atoms with Crippen LogP contribution in [0.2, 0.25) is 0 Å². The molecule has 17 heavy (non-hydrogen) atoms. The highest BCUT2D eigenvalue weighted by Gasteiger charge is 2.24. The van der Waals surface area contributed by atoms with E-state index in [-0.39, 0.29) is 17.6 Å². The second-order valence-corrected chi connectivity index (χ2v) is 4.46. The van der Waals surface area contributed by atoms with Crippen molar-refractivity contribution in [3.63, 3.8) is 0 Å². The molecule has 0 aromatic heterocycles. The van der Waals surface area contributed by atoms with Crippen LogP contribution in [0.25, 0.3) is 0 Å². The highest BCUT2D eigenvalue weighted by molar-refractivity contribution is 5.94. The normalized spacial score (nSPS) is 19.9. The van der Waals surface area contributed by atoms with Gasteiger partial charge in [-0.3, -0.25) is 4.79 Å². The summed E-state index contributed by atoms with van der Waals surface area (Å²) in [4.78, 5) is 13.9. The Kier molecular flexibility index (Phi) is 3.64. The quantitative estimate of drug-likeness (QED) is 0.812. The number of phenols is 1. The van der Waals surface area contributed by atoms with Crippen molar-refractivity contribution in [3.05, 3.63) is 24.3 Å². The van der Waals surface area contributed by atoms with Crippen LogP contribution in [0.3, 0.4) is 0 Å². The van der Waals surface area contributed by atoms with Crippen LogP contribution < -0.4 is 10.2 Å². The molecule has 0 aliphatic carbocycles. The molecule has 0 saturated carbocycles. The molecule has 92 valence electrons. The van der Waals surface area contributed by atoms with Crippen LogP contribution in [0.4, 0.5) is 5.69 Å². The van der Waals surface area contributed by atoms with Gasteiger partial charge in [-0.1, -0.05) is 0 Å². The number of hydrogen-bond donors (Lipinski definition) is 2. The molecule has 0 bridgehead atoms. The van der Waals surface area contributed by atoms with Gasteiger partial charge in [0.15, 0.2) is 0 Å². The van der Waals surface area contributed by atoms with Gasteiger partial charge in [0, 0.05) is 19.3 Å². The molecule has 1 amide bonds. The highest BCUT2D eigenvalue weighted by atomic mass is 16.3. The van der Waals surface area contributed by atoms with E-state index in [1.807, 2.05) is 0 Å². The number of nitrogens with one attached hydrogen (secondary N) is 1. The van der Waals surface area contributed by atoms with Crippen molar-refractivity contribution in [3.8, 4) is 5.75 Å². The van der Waals surface area contributed by atoms with Crippen molar-refractivity contribution in [2.45, 2.75) is 12.8 Å². The zero-order valence-corrected chi connectivity index (χ0v) is 10.0. The molecule has 1 aliphatic heterocycles. The van der Waals surface area contributed by atoms with E-state index < -0.39 is 0 Å². The molecule has 1 fully saturated rings. The minimum Gasteiger partial charge on any atom is -0.508 e. The molecule has 4 nitrogen and oxygen atoms in total. The van der Waals surface area contributed by atoms with Crippen molar-refractivity contribution in [2.75, 3.05) is 25.0 Å². The summed E-state index contributed by atoms with van der Waals surface area (Å²) in [5.74, 6) is 0.430. The number of benzene rings is 1. The summed E-state index contributed by atoms with van der Waals surface area (Å²) in [5, 5.41) is 12.5. The average Bonchev–Trinajstić information content (AvgIpc) is 2.39. The Bertz CT molecular complexity index is 383. The topological polar surface area (TPSA) is 52.6 Å². The lowest BCUT2D eigenvalue weighted by atomic mass is 9.98. The lowest BCUT2D eigenvalue weighted by molar-refractivity contribution is -0.122. The van der Waals surface area contributed by atoms with Crippen molar-refractivity contribution in [1.29, 1.82) is 0 Å². The van der Waals surface area contributed by atoms with Gasteiger partial charge in [0.25, 0.3) is 0 Å². The van der Waals surface area contributed by atoms with Gasteiger partial charge in [0.05, 0.1) is 5.92 Å². The minimum absolute atomic E-state index is 0.0718. The average molecular weight is 234 g/mol. The van der Waals surface area contributed by atoms with Gasteiger partial charge in [-0.15, -0.1) is 0 Å². The molecule has 1 heterocycles. The van der Waals surface area contributed by atoms with Crippen LogP contribution >= 0.6 is 0 Å². The number of carbonyl (C=O) groups is 1. The van der Waals surface area contributed by atoms with Gasteiger partial charge < -0.3 is 15.3 Å². The largest absolute Gasteiger partial charge is 0.508 e. The van der Waals surface area contributed by atoms with Gasteiger partial charge in [-0.05, 0) is 43.7 Å². The molecule has 1 atom stereocenters. The number of rotatable bonds is 2. The summed E-state index contributed by atoms with van der Waals surface area (Å²) < 4.78 is 0. The number of piperidine rings is 1. The second kappa shape index (κ2) is 5.19. The molecule has 2 rings (SSSR count). The number of hydrogen-bond acceptors (Lipinski definition) is 3. The summed E-state index contributed by atoms with van der Waals surface area (Å²) >= 11 is 0. The number of aromatic hydroxyl groups is 1. The van der Waals surface area contributed by atoms with E-state index in [9.17, 15) is 9.90 Å². The van der Waals surface area contributed by atoms with E-state index in [1.165, 1.54) is 0 Å². The van der Waals surface area contributed by atoms with E-state index in [0.717, 1.165) is 31.6 Å². The van der Waals surface area contributed by atoms with Crippen molar-refractivity contribution in [2.24, 2.45) is 5.92 Å². The van der Waals surface area contributed by atoms with Gasteiger partial charge in [-0.25, -0.2) is 0 Å². The molecule has 0 unspecified atom stereocenters. The fraction of sp³-hybridized carbons (Fsp3) is 0.462. The SMILES string of the molecule is CN(C(=O)[C@H]1CCCNC1)c1ccc(O)cc1. The lowest BCUT2D eigenvalue weighted by Crippen LogP contribution is -2.41. The third-order valence-corrected chi connectivity index (χ3v) is 3.21. The van der Waals surface area contributed by atoms with Crippen molar-refractivity contribution >= 4 is 11.6 Å². The molecule has 1 aromatic rings. The standard InChI is InChI=1S/C13H18N2O2/c1-15(11-4-6-12(16)7-5-11)13(17)10-3-2-8-14-9-10/h4-7,10,14,16H,2-3,8-9H2,1H3/t10-/m0/s1. The molecule has 1 aliphatic rings. The summed E-state index contributed by atoms with van der Waals surface area (Å²) in [5.41, 5.74) is 0.818. The zero-order chi connectivity index (χ0) is 12.3. The fourth-order valence-corrected chi connectivity index (χ4v) is 2.14. The first-order valence-electron chi connectivity index (χ1n) is 5.96. The molecule has 0 spiro atoms. The summed E-state index contributed by atoms with van der Waals surface area (Å²) in [7, 11) is 1.78. The fourth-order valence-electron chi connectivity index (χ4n) is 2.14. The number of nitrogens with zero attached hydrogens (tertiary/aromatic N) is 1. The van der Waals surface area contributed by atoms with Crippen LogP contribution in [0.1, 0.15) is 12.8 Å². The molecular weight excluding hydrogens is 216 g/mol. The Labute approximate surface area is 101 Å². The summed E-state index contributed by atoms with van der Waals surface area (Å²) in [6.45, 7) is 1.77. The molecule has 1 aromatic carbocycles. The first-order valence-corrected chi connectivity index (χ1v) is 5.96. The predicted molar refractivity (Wildman–Crippen MR) is 67.1 cm³/mol. The van der Waals surface area contributed by atoms with E-state index in [1.54, 1.807) is 36.2 Å². The maximum Gasteiger partial charge on any atom is 0.231 e. The predicted octanol–water partition coefficient (Wildman–Crippen LogP) is 1.35. The van der Waals surface area contributed by atoms with Crippen molar-refractivity contribution < 1.29 is 9.90 Å². The Balaban J connectivity index is 2.05. The van der Waals surface area contributed by atoms with Crippen LogP contribution in [0, 0.1) is 5.92 Å². The van der Waals surface area contributed by atoms with Crippen LogP contribution in [0.5, 0.6) is 5.75 Å². The monoisotopic (exact) mass is 234 g/mol. The number of carbonyl (C=O) groups excluding carboxylic acids is 1. The third kappa shape index (κ3) is 2.77. The van der Waals surface area contributed by atoms with Gasteiger partial charge in [0.2, 0.25) is 5.91 Å². The molecule has 1 saturated heterocycles. The summed E-state index contributed by atoms with van der Waals surface area (Å²) in [6.07, 6.45) is 2.01. The van der Waals surface area contributed by atoms with Crippen LogP contribution in [-0.4, -0.2) is 31.2 Å². The Hall–Kier alpha value is -1.55.